The second kappa shape index (κ2) is 5.98. The van der Waals surface area contributed by atoms with E-state index in [2.05, 4.69) is 54.0 Å². The first-order valence-electron chi connectivity index (χ1n) is 6.61. The van der Waals surface area contributed by atoms with E-state index in [4.69, 9.17) is 10.5 Å². The van der Waals surface area contributed by atoms with Gasteiger partial charge in [0, 0.05) is 10.0 Å². The van der Waals surface area contributed by atoms with Gasteiger partial charge >= 0.3 is 0 Å². The molecule has 1 unspecified atom stereocenters. The van der Waals surface area contributed by atoms with Crippen LogP contribution in [0.4, 0.5) is 0 Å². The topological polar surface area (TPSA) is 35.2 Å². The van der Waals surface area contributed by atoms with Crippen molar-refractivity contribution in [3.05, 3.63) is 63.6 Å². The molecule has 2 aromatic carbocycles. The van der Waals surface area contributed by atoms with Gasteiger partial charge in [0.1, 0.15) is 5.75 Å². The monoisotopic (exact) mass is 333 g/mol. The molecule has 0 spiro atoms. The molecule has 0 saturated heterocycles. The van der Waals surface area contributed by atoms with Crippen LogP contribution in [0, 0.1) is 6.92 Å². The van der Waals surface area contributed by atoms with Crippen LogP contribution in [-0.2, 0) is 12.0 Å². The van der Waals surface area contributed by atoms with Gasteiger partial charge in [0.15, 0.2) is 0 Å². The minimum atomic E-state index is -0.429. The summed E-state index contributed by atoms with van der Waals surface area (Å²) in [5.74, 6) is 0.893. The Kier molecular flexibility index (Phi) is 4.51. The molecule has 0 bridgehead atoms. The molecule has 106 valence electrons. The van der Waals surface area contributed by atoms with Gasteiger partial charge in [0.25, 0.3) is 0 Å². The Morgan fingerprint density at radius 3 is 2.40 bits per heavy atom. The molecule has 0 aliphatic heterocycles. The van der Waals surface area contributed by atoms with Crippen LogP contribution in [0.25, 0.3) is 0 Å². The third-order valence-corrected chi connectivity index (χ3v) is 4.03. The van der Waals surface area contributed by atoms with Crippen LogP contribution in [0.3, 0.4) is 0 Å². The van der Waals surface area contributed by atoms with Gasteiger partial charge in [0.05, 0.1) is 7.11 Å². The van der Waals surface area contributed by atoms with Crippen LogP contribution in [0.1, 0.15) is 23.6 Å². The average molecular weight is 334 g/mol. The van der Waals surface area contributed by atoms with Crippen molar-refractivity contribution in [3.63, 3.8) is 0 Å². The van der Waals surface area contributed by atoms with Crippen LogP contribution in [0.15, 0.2) is 46.9 Å². The van der Waals surface area contributed by atoms with Gasteiger partial charge in [-0.2, -0.15) is 0 Å². The Balaban J connectivity index is 2.32. The van der Waals surface area contributed by atoms with Crippen molar-refractivity contribution in [1.29, 1.82) is 0 Å². The highest BCUT2D eigenvalue weighted by Crippen LogP contribution is 2.29. The Labute approximate surface area is 129 Å². The molecule has 0 heterocycles. The first-order chi connectivity index (χ1) is 9.42. The minimum Gasteiger partial charge on any atom is -0.496 e. The number of aryl methyl sites for hydroxylation is 1. The molecule has 0 aliphatic carbocycles. The highest BCUT2D eigenvalue weighted by Gasteiger charge is 2.23. The Morgan fingerprint density at radius 2 is 1.80 bits per heavy atom. The van der Waals surface area contributed by atoms with E-state index in [1.54, 1.807) is 7.11 Å². The van der Waals surface area contributed by atoms with Gasteiger partial charge in [-0.1, -0.05) is 45.8 Å². The van der Waals surface area contributed by atoms with Crippen molar-refractivity contribution in [3.8, 4) is 5.75 Å². The van der Waals surface area contributed by atoms with E-state index in [9.17, 15) is 0 Å². The lowest BCUT2D eigenvalue weighted by Crippen LogP contribution is -2.35. The van der Waals surface area contributed by atoms with Gasteiger partial charge in [0.2, 0.25) is 0 Å². The molecule has 0 fully saturated rings. The zero-order chi connectivity index (χ0) is 14.8. The van der Waals surface area contributed by atoms with Crippen LogP contribution < -0.4 is 10.5 Å². The lowest BCUT2D eigenvalue weighted by Gasteiger charge is -2.26. The number of rotatable bonds is 4. The van der Waals surface area contributed by atoms with Gasteiger partial charge in [-0.25, -0.2) is 0 Å². The lowest BCUT2D eigenvalue weighted by atomic mass is 9.86. The number of nitrogens with two attached hydrogens (primary N) is 1. The summed E-state index contributed by atoms with van der Waals surface area (Å²) in [5, 5.41) is 0. The molecule has 0 amide bonds. The third-order valence-electron chi connectivity index (χ3n) is 3.50. The molecule has 1 atom stereocenters. The summed E-state index contributed by atoms with van der Waals surface area (Å²) in [7, 11) is 1.70. The Bertz CT molecular complexity index is 590. The standard InChI is InChI=1S/C17H20BrNO/c1-12-4-9-16(20-3)13(10-12)11-17(2,19)14-5-7-15(18)8-6-14/h4-10H,11,19H2,1-3H3. The normalized spacial score (nSPS) is 13.8. The van der Waals surface area contributed by atoms with Crippen molar-refractivity contribution in [1.82, 2.24) is 0 Å². The van der Waals surface area contributed by atoms with Gasteiger partial charge in [-0.05, 0) is 49.6 Å². The fourth-order valence-electron chi connectivity index (χ4n) is 2.37. The van der Waals surface area contributed by atoms with E-state index in [0.717, 1.165) is 27.8 Å². The van der Waals surface area contributed by atoms with E-state index >= 15 is 0 Å². The summed E-state index contributed by atoms with van der Waals surface area (Å²) < 4.78 is 6.50. The molecular formula is C17H20BrNO. The van der Waals surface area contributed by atoms with Crippen LogP contribution in [0.2, 0.25) is 0 Å². The first-order valence-corrected chi connectivity index (χ1v) is 7.40. The van der Waals surface area contributed by atoms with Gasteiger partial charge in [-0.3, -0.25) is 0 Å². The first kappa shape index (κ1) is 15.1. The Morgan fingerprint density at radius 1 is 1.15 bits per heavy atom. The maximum absolute atomic E-state index is 6.52. The molecule has 2 rings (SSSR count). The largest absolute Gasteiger partial charge is 0.496 e. The second-order valence-corrected chi connectivity index (χ2v) is 6.33. The zero-order valence-electron chi connectivity index (χ0n) is 12.1. The van der Waals surface area contributed by atoms with Crippen molar-refractivity contribution in [2.24, 2.45) is 5.73 Å². The number of hydrogen-bond acceptors (Lipinski definition) is 2. The summed E-state index contributed by atoms with van der Waals surface area (Å²) in [5.41, 5.74) is 9.56. The van der Waals surface area contributed by atoms with E-state index in [1.165, 1.54) is 5.56 Å². The molecule has 2 N–H and O–H groups in total. The number of ether oxygens (including phenoxy) is 1. The minimum absolute atomic E-state index is 0.429. The third kappa shape index (κ3) is 3.41. The SMILES string of the molecule is COc1ccc(C)cc1CC(C)(N)c1ccc(Br)cc1. The van der Waals surface area contributed by atoms with E-state index < -0.39 is 5.54 Å². The summed E-state index contributed by atoms with van der Waals surface area (Å²) in [6, 6.07) is 14.4. The Hall–Kier alpha value is -1.32. The molecule has 2 aromatic rings. The van der Waals surface area contributed by atoms with E-state index in [-0.39, 0.29) is 0 Å². The van der Waals surface area contributed by atoms with Crippen molar-refractivity contribution >= 4 is 15.9 Å². The molecule has 3 heteroatoms. The predicted octanol–water partition coefficient (Wildman–Crippen LogP) is 4.18. The maximum Gasteiger partial charge on any atom is 0.122 e. The molecule has 0 saturated carbocycles. The summed E-state index contributed by atoms with van der Waals surface area (Å²) >= 11 is 3.45. The fraction of sp³-hybridized carbons (Fsp3) is 0.294. The van der Waals surface area contributed by atoms with Crippen LogP contribution in [-0.4, -0.2) is 7.11 Å². The number of methoxy groups -OCH3 is 1. The summed E-state index contributed by atoms with van der Waals surface area (Å²) in [4.78, 5) is 0. The highest BCUT2D eigenvalue weighted by atomic mass is 79.9. The molecule has 20 heavy (non-hydrogen) atoms. The predicted molar refractivity (Wildman–Crippen MR) is 87.1 cm³/mol. The van der Waals surface area contributed by atoms with Crippen LogP contribution >= 0.6 is 15.9 Å². The second-order valence-electron chi connectivity index (χ2n) is 5.42. The average Bonchev–Trinajstić information content (AvgIpc) is 2.39. The number of halogens is 1. The molecule has 2 nitrogen and oxygen atoms in total. The summed E-state index contributed by atoms with van der Waals surface area (Å²) in [6.45, 7) is 4.13. The number of benzene rings is 2. The van der Waals surface area contributed by atoms with Crippen LogP contribution in [0.5, 0.6) is 5.75 Å². The molecule has 0 aromatic heterocycles. The molecular weight excluding hydrogens is 314 g/mol. The summed E-state index contributed by atoms with van der Waals surface area (Å²) in [6.07, 6.45) is 0.736. The van der Waals surface area contributed by atoms with E-state index in [1.807, 2.05) is 18.2 Å². The van der Waals surface area contributed by atoms with Crippen molar-refractivity contribution in [2.75, 3.05) is 7.11 Å². The fourth-order valence-corrected chi connectivity index (χ4v) is 2.64. The van der Waals surface area contributed by atoms with E-state index in [0.29, 0.717) is 0 Å². The highest BCUT2D eigenvalue weighted by molar-refractivity contribution is 9.10. The van der Waals surface area contributed by atoms with Gasteiger partial charge < -0.3 is 10.5 Å². The smallest absolute Gasteiger partial charge is 0.122 e. The van der Waals surface area contributed by atoms with Crippen molar-refractivity contribution in [2.45, 2.75) is 25.8 Å². The number of hydrogen-bond donors (Lipinski definition) is 1. The molecule has 0 aliphatic rings. The molecule has 0 radical (unpaired) electrons. The maximum atomic E-state index is 6.52. The quantitative estimate of drug-likeness (QED) is 0.910. The van der Waals surface area contributed by atoms with Gasteiger partial charge in [-0.15, -0.1) is 0 Å². The van der Waals surface area contributed by atoms with Crippen molar-refractivity contribution < 1.29 is 4.74 Å². The zero-order valence-corrected chi connectivity index (χ0v) is 13.7. The lowest BCUT2D eigenvalue weighted by molar-refractivity contribution is 0.399.